The van der Waals surface area contributed by atoms with Gasteiger partial charge in [0.15, 0.2) is 0 Å². The Balaban J connectivity index is 1.81. The Hall–Kier alpha value is -1.55. The maximum atomic E-state index is 11.8. The van der Waals surface area contributed by atoms with Gasteiger partial charge in [-0.25, -0.2) is 0 Å². The van der Waals surface area contributed by atoms with Gasteiger partial charge in [0.1, 0.15) is 5.75 Å². The third-order valence-electron chi connectivity index (χ3n) is 3.41. The summed E-state index contributed by atoms with van der Waals surface area (Å²) in [5, 5.41) is 15.8. The molecule has 1 aliphatic rings. The summed E-state index contributed by atoms with van der Waals surface area (Å²) in [5.74, 6) is 0.0448. The molecule has 98 valence electrons. The molecule has 0 unspecified atom stereocenters. The topological polar surface area (TPSA) is 61.4 Å². The summed E-state index contributed by atoms with van der Waals surface area (Å²) >= 11 is 0. The van der Waals surface area contributed by atoms with Crippen molar-refractivity contribution in [3.63, 3.8) is 0 Å². The van der Waals surface area contributed by atoms with Gasteiger partial charge in [-0.15, -0.1) is 0 Å². The first kappa shape index (κ1) is 12.9. The molecular formula is C14H20N2O2. The number of benzene rings is 1. The van der Waals surface area contributed by atoms with E-state index in [9.17, 15) is 9.90 Å². The van der Waals surface area contributed by atoms with Gasteiger partial charge in [0, 0.05) is 18.2 Å². The van der Waals surface area contributed by atoms with Gasteiger partial charge in [-0.3, -0.25) is 4.79 Å². The summed E-state index contributed by atoms with van der Waals surface area (Å²) in [6.07, 6.45) is 3.38. The minimum absolute atomic E-state index is 0.122. The van der Waals surface area contributed by atoms with Crippen LogP contribution in [0.1, 0.15) is 35.2 Å². The van der Waals surface area contributed by atoms with Crippen molar-refractivity contribution >= 4 is 5.91 Å². The zero-order chi connectivity index (χ0) is 13.0. The van der Waals surface area contributed by atoms with Gasteiger partial charge in [0.05, 0.1) is 0 Å². The largest absolute Gasteiger partial charge is 0.508 e. The predicted molar refractivity (Wildman–Crippen MR) is 70.8 cm³/mol. The summed E-state index contributed by atoms with van der Waals surface area (Å²) in [7, 11) is 0. The normalized spacial score (nSPS) is 18.8. The van der Waals surface area contributed by atoms with Gasteiger partial charge in [-0.1, -0.05) is 6.07 Å². The second-order valence-electron chi connectivity index (χ2n) is 4.84. The van der Waals surface area contributed by atoms with E-state index in [0.717, 1.165) is 18.5 Å². The highest BCUT2D eigenvalue weighted by Crippen LogP contribution is 2.17. The summed E-state index contributed by atoms with van der Waals surface area (Å²) in [6.45, 7) is 3.57. The third-order valence-corrected chi connectivity index (χ3v) is 3.41. The molecule has 1 aromatic rings. The summed E-state index contributed by atoms with van der Waals surface area (Å²) < 4.78 is 0. The van der Waals surface area contributed by atoms with E-state index >= 15 is 0 Å². The molecule has 0 saturated carbocycles. The van der Waals surface area contributed by atoms with Gasteiger partial charge in [-0.05, 0) is 50.4 Å². The fourth-order valence-electron chi connectivity index (χ4n) is 2.22. The lowest BCUT2D eigenvalue weighted by Gasteiger charge is -2.11. The molecule has 1 amide bonds. The van der Waals surface area contributed by atoms with Gasteiger partial charge < -0.3 is 15.7 Å². The number of rotatable bonds is 4. The molecule has 1 heterocycles. The second-order valence-corrected chi connectivity index (χ2v) is 4.84. The number of nitrogens with one attached hydrogen (secondary N) is 2. The van der Waals surface area contributed by atoms with Crippen molar-refractivity contribution < 1.29 is 9.90 Å². The van der Waals surface area contributed by atoms with Crippen LogP contribution in [0, 0.1) is 6.92 Å². The lowest BCUT2D eigenvalue weighted by atomic mass is 10.1. The maximum Gasteiger partial charge on any atom is 0.251 e. The minimum Gasteiger partial charge on any atom is -0.508 e. The van der Waals surface area contributed by atoms with Crippen LogP contribution < -0.4 is 10.6 Å². The van der Waals surface area contributed by atoms with Gasteiger partial charge in [-0.2, -0.15) is 0 Å². The van der Waals surface area contributed by atoms with Crippen LogP contribution in [0.15, 0.2) is 18.2 Å². The van der Waals surface area contributed by atoms with E-state index in [4.69, 9.17) is 0 Å². The summed E-state index contributed by atoms with van der Waals surface area (Å²) in [5.41, 5.74) is 1.29. The van der Waals surface area contributed by atoms with Crippen LogP contribution in [0.4, 0.5) is 0 Å². The van der Waals surface area contributed by atoms with Crippen molar-refractivity contribution in [2.75, 3.05) is 13.1 Å². The standard InChI is InChI=1S/C14H20N2O2/c1-10-4-5-11(9-13(10)17)14(18)16-8-6-12-3-2-7-15-12/h4-5,9,12,15,17H,2-3,6-8H2,1H3,(H,16,18)/t12-/m1/s1. The van der Waals surface area contributed by atoms with Crippen LogP contribution in [0.5, 0.6) is 5.75 Å². The highest BCUT2D eigenvalue weighted by molar-refractivity contribution is 5.94. The third kappa shape index (κ3) is 3.23. The molecule has 1 atom stereocenters. The van der Waals surface area contributed by atoms with Crippen molar-refractivity contribution in [3.8, 4) is 5.75 Å². The molecule has 1 fully saturated rings. The average molecular weight is 248 g/mol. The molecule has 0 bridgehead atoms. The first-order chi connectivity index (χ1) is 8.66. The molecule has 2 rings (SSSR count). The van der Waals surface area contributed by atoms with E-state index in [0.29, 0.717) is 18.2 Å². The molecular weight excluding hydrogens is 228 g/mol. The van der Waals surface area contributed by atoms with Gasteiger partial charge >= 0.3 is 0 Å². The molecule has 3 N–H and O–H groups in total. The van der Waals surface area contributed by atoms with Crippen LogP contribution >= 0.6 is 0 Å². The lowest BCUT2D eigenvalue weighted by Crippen LogP contribution is -2.30. The molecule has 18 heavy (non-hydrogen) atoms. The fourth-order valence-corrected chi connectivity index (χ4v) is 2.22. The Bertz CT molecular complexity index is 426. The average Bonchev–Trinajstić information content (AvgIpc) is 2.85. The number of carbonyl (C=O) groups excluding carboxylic acids is 1. The quantitative estimate of drug-likeness (QED) is 0.758. The fraction of sp³-hybridized carbons (Fsp3) is 0.500. The number of carbonyl (C=O) groups is 1. The Kier molecular flexibility index (Phi) is 4.20. The van der Waals surface area contributed by atoms with E-state index in [-0.39, 0.29) is 11.7 Å². The second kappa shape index (κ2) is 5.87. The lowest BCUT2D eigenvalue weighted by molar-refractivity contribution is 0.0952. The van der Waals surface area contributed by atoms with E-state index < -0.39 is 0 Å². The van der Waals surface area contributed by atoms with Crippen molar-refractivity contribution in [2.45, 2.75) is 32.2 Å². The van der Waals surface area contributed by atoms with Crippen molar-refractivity contribution in [1.29, 1.82) is 0 Å². The number of hydrogen-bond acceptors (Lipinski definition) is 3. The monoisotopic (exact) mass is 248 g/mol. The number of phenols is 1. The summed E-state index contributed by atoms with van der Waals surface area (Å²) in [6, 6.07) is 5.54. The van der Waals surface area contributed by atoms with Crippen LogP contribution in [-0.4, -0.2) is 30.1 Å². The SMILES string of the molecule is Cc1ccc(C(=O)NCC[C@H]2CCCN2)cc1O. The molecule has 0 spiro atoms. The molecule has 0 aromatic heterocycles. The van der Waals surface area contributed by atoms with Gasteiger partial charge in [0.2, 0.25) is 0 Å². The molecule has 1 aromatic carbocycles. The highest BCUT2D eigenvalue weighted by atomic mass is 16.3. The van der Waals surface area contributed by atoms with E-state index in [1.165, 1.54) is 18.9 Å². The Morgan fingerprint density at radius 2 is 2.39 bits per heavy atom. The first-order valence-corrected chi connectivity index (χ1v) is 6.48. The minimum atomic E-state index is -0.122. The molecule has 4 heteroatoms. The molecule has 1 saturated heterocycles. The van der Waals surface area contributed by atoms with E-state index in [2.05, 4.69) is 10.6 Å². The Morgan fingerprint density at radius 1 is 1.56 bits per heavy atom. The summed E-state index contributed by atoms with van der Waals surface area (Å²) in [4.78, 5) is 11.8. The van der Waals surface area contributed by atoms with Gasteiger partial charge in [0.25, 0.3) is 5.91 Å². The molecule has 1 aliphatic heterocycles. The number of aryl methyl sites for hydroxylation is 1. The number of hydrogen-bond donors (Lipinski definition) is 3. The molecule has 0 radical (unpaired) electrons. The van der Waals surface area contributed by atoms with Crippen LogP contribution in [0.2, 0.25) is 0 Å². The zero-order valence-corrected chi connectivity index (χ0v) is 10.7. The number of aromatic hydroxyl groups is 1. The predicted octanol–water partition coefficient (Wildman–Crippen LogP) is 1.57. The van der Waals surface area contributed by atoms with Crippen molar-refractivity contribution in [2.24, 2.45) is 0 Å². The Morgan fingerprint density at radius 3 is 3.06 bits per heavy atom. The Labute approximate surface area is 107 Å². The van der Waals surface area contributed by atoms with Crippen molar-refractivity contribution in [3.05, 3.63) is 29.3 Å². The van der Waals surface area contributed by atoms with Crippen LogP contribution in [0.3, 0.4) is 0 Å². The number of amides is 1. The highest BCUT2D eigenvalue weighted by Gasteiger charge is 2.14. The van der Waals surface area contributed by atoms with E-state index in [1.807, 2.05) is 6.92 Å². The van der Waals surface area contributed by atoms with Crippen LogP contribution in [0.25, 0.3) is 0 Å². The van der Waals surface area contributed by atoms with Crippen molar-refractivity contribution in [1.82, 2.24) is 10.6 Å². The maximum absolute atomic E-state index is 11.8. The smallest absolute Gasteiger partial charge is 0.251 e. The first-order valence-electron chi connectivity index (χ1n) is 6.48. The molecule has 4 nitrogen and oxygen atoms in total. The molecule has 0 aliphatic carbocycles. The zero-order valence-electron chi connectivity index (χ0n) is 10.7. The van der Waals surface area contributed by atoms with Crippen LogP contribution in [-0.2, 0) is 0 Å². The van der Waals surface area contributed by atoms with E-state index in [1.54, 1.807) is 12.1 Å². The number of phenolic OH excluding ortho intramolecular Hbond substituents is 1.